The lowest BCUT2D eigenvalue weighted by molar-refractivity contribution is 0.263. The Hall–Kier alpha value is -0.470. The van der Waals surface area contributed by atoms with Crippen LogP contribution in [0.15, 0.2) is 30.3 Å². The third-order valence-corrected chi connectivity index (χ3v) is 5.37. The lowest BCUT2D eigenvalue weighted by atomic mass is 9.74. The van der Waals surface area contributed by atoms with E-state index in [1.807, 2.05) is 0 Å². The summed E-state index contributed by atoms with van der Waals surface area (Å²) in [5, 5.41) is 0. The van der Waals surface area contributed by atoms with Gasteiger partial charge in [0.05, 0.1) is 0 Å². The molecule has 1 aromatic rings. The molecule has 0 amide bonds. The zero-order chi connectivity index (χ0) is 13.5. The smallest absolute Gasteiger partial charge is 0.00676 e. The van der Waals surface area contributed by atoms with Crippen molar-refractivity contribution in [3.63, 3.8) is 0 Å². The van der Waals surface area contributed by atoms with Gasteiger partial charge < -0.3 is 5.73 Å². The van der Waals surface area contributed by atoms with Crippen LogP contribution in [0.3, 0.4) is 0 Å². The highest BCUT2D eigenvalue weighted by molar-refractivity contribution is 7.99. The van der Waals surface area contributed by atoms with Gasteiger partial charge in [0.15, 0.2) is 0 Å². The molecule has 3 unspecified atom stereocenters. The highest BCUT2D eigenvalue weighted by Gasteiger charge is 2.28. The molecule has 1 saturated carbocycles. The molecule has 19 heavy (non-hydrogen) atoms. The van der Waals surface area contributed by atoms with Gasteiger partial charge in [-0.25, -0.2) is 0 Å². The highest BCUT2D eigenvalue weighted by Crippen LogP contribution is 2.37. The van der Waals surface area contributed by atoms with E-state index >= 15 is 0 Å². The van der Waals surface area contributed by atoms with Crippen molar-refractivity contribution in [3.05, 3.63) is 35.9 Å². The Morgan fingerprint density at radius 2 is 2.00 bits per heavy atom. The molecule has 2 rings (SSSR count). The second-order valence-corrected chi connectivity index (χ2v) is 7.08. The predicted octanol–water partition coefficient (Wildman–Crippen LogP) is 4.43. The summed E-state index contributed by atoms with van der Waals surface area (Å²) in [4.78, 5) is 0. The van der Waals surface area contributed by atoms with Crippen LogP contribution in [-0.2, 0) is 0 Å². The molecule has 0 saturated heterocycles. The van der Waals surface area contributed by atoms with Crippen molar-refractivity contribution in [2.24, 2.45) is 11.7 Å². The first-order valence-electron chi connectivity index (χ1n) is 7.69. The summed E-state index contributed by atoms with van der Waals surface area (Å²) >= 11 is 2.05. The van der Waals surface area contributed by atoms with E-state index in [-0.39, 0.29) is 0 Å². The highest BCUT2D eigenvalue weighted by atomic mass is 32.2. The molecule has 0 spiro atoms. The maximum Gasteiger partial charge on any atom is 0.00676 e. The summed E-state index contributed by atoms with van der Waals surface area (Å²) in [5.41, 5.74) is 7.84. The van der Waals surface area contributed by atoms with Crippen molar-refractivity contribution >= 4 is 11.8 Å². The molecule has 1 fully saturated rings. The molecule has 0 bridgehead atoms. The topological polar surface area (TPSA) is 26.0 Å². The van der Waals surface area contributed by atoms with Gasteiger partial charge in [0.1, 0.15) is 0 Å². The summed E-state index contributed by atoms with van der Waals surface area (Å²) in [6.07, 6.45) is 6.41. The number of hydrogen-bond donors (Lipinski definition) is 1. The number of nitrogens with two attached hydrogens (primary N) is 1. The molecule has 0 aromatic heterocycles. The molecule has 1 aliphatic carbocycles. The molecule has 0 radical (unpaired) electrons. The van der Waals surface area contributed by atoms with Crippen LogP contribution in [-0.4, -0.2) is 17.5 Å². The van der Waals surface area contributed by atoms with Gasteiger partial charge in [0.2, 0.25) is 0 Å². The minimum Gasteiger partial charge on any atom is -0.327 e. The third kappa shape index (κ3) is 4.54. The second-order valence-electron chi connectivity index (χ2n) is 5.68. The number of rotatable bonds is 6. The first-order chi connectivity index (χ1) is 9.31. The monoisotopic (exact) mass is 277 g/mol. The zero-order valence-corrected chi connectivity index (χ0v) is 12.9. The van der Waals surface area contributed by atoms with Crippen molar-refractivity contribution in [3.8, 4) is 0 Å². The van der Waals surface area contributed by atoms with Crippen molar-refractivity contribution in [1.29, 1.82) is 0 Å². The van der Waals surface area contributed by atoms with Crippen LogP contribution < -0.4 is 5.73 Å². The van der Waals surface area contributed by atoms with Crippen LogP contribution in [0.2, 0.25) is 0 Å². The molecule has 1 aromatic carbocycles. The Labute approximate surface area is 122 Å². The van der Waals surface area contributed by atoms with E-state index in [4.69, 9.17) is 5.73 Å². The van der Waals surface area contributed by atoms with Crippen LogP contribution in [0.25, 0.3) is 0 Å². The zero-order valence-electron chi connectivity index (χ0n) is 12.1. The molecule has 0 aliphatic heterocycles. The van der Waals surface area contributed by atoms with Crippen molar-refractivity contribution in [1.82, 2.24) is 0 Å². The van der Waals surface area contributed by atoms with Gasteiger partial charge in [-0.1, -0.05) is 37.3 Å². The Bertz CT molecular complexity index is 352. The van der Waals surface area contributed by atoms with Crippen LogP contribution in [0, 0.1) is 5.92 Å². The first-order valence-corrected chi connectivity index (χ1v) is 8.85. The molecule has 3 atom stereocenters. The van der Waals surface area contributed by atoms with E-state index in [2.05, 4.69) is 49.0 Å². The van der Waals surface area contributed by atoms with Gasteiger partial charge in [-0.05, 0) is 61.0 Å². The van der Waals surface area contributed by atoms with Crippen LogP contribution in [0.1, 0.15) is 50.5 Å². The molecule has 1 aliphatic rings. The lowest BCUT2D eigenvalue weighted by Crippen LogP contribution is -2.35. The van der Waals surface area contributed by atoms with Crippen LogP contribution in [0.5, 0.6) is 0 Å². The molecule has 2 heteroatoms. The van der Waals surface area contributed by atoms with E-state index in [1.165, 1.54) is 49.2 Å². The quantitative estimate of drug-likeness (QED) is 0.778. The third-order valence-electron chi connectivity index (χ3n) is 4.38. The second kappa shape index (κ2) is 7.96. The molecule has 0 heterocycles. The molecular weight excluding hydrogens is 250 g/mol. The largest absolute Gasteiger partial charge is 0.327 e. The fraction of sp³-hybridized carbons (Fsp3) is 0.647. The fourth-order valence-corrected chi connectivity index (χ4v) is 3.90. The Kier molecular flexibility index (Phi) is 6.25. The van der Waals surface area contributed by atoms with E-state index in [0.717, 1.165) is 11.8 Å². The minimum absolute atomic E-state index is 0.437. The van der Waals surface area contributed by atoms with E-state index in [1.54, 1.807) is 0 Å². The lowest BCUT2D eigenvalue weighted by Gasteiger charge is -2.34. The minimum atomic E-state index is 0.437. The standard InChI is InChI=1S/C17H27NS/c1-2-19-12-6-9-16-13-15(10-11-17(16)18)14-7-4-3-5-8-14/h3-5,7-8,15-17H,2,6,9-13,18H2,1H3. The van der Waals surface area contributed by atoms with Crippen LogP contribution >= 0.6 is 11.8 Å². The summed E-state index contributed by atoms with van der Waals surface area (Å²) < 4.78 is 0. The Balaban J connectivity index is 1.85. The van der Waals surface area contributed by atoms with Crippen molar-refractivity contribution in [2.75, 3.05) is 11.5 Å². The van der Waals surface area contributed by atoms with Gasteiger partial charge >= 0.3 is 0 Å². The summed E-state index contributed by atoms with van der Waals surface area (Å²) in [6.45, 7) is 2.24. The summed E-state index contributed by atoms with van der Waals surface area (Å²) in [5.74, 6) is 4.01. The average Bonchev–Trinajstić information content (AvgIpc) is 2.46. The van der Waals surface area contributed by atoms with Crippen LogP contribution in [0.4, 0.5) is 0 Å². The average molecular weight is 277 g/mol. The Morgan fingerprint density at radius 1 is 1.21 bits per heavy atom. The Morgan fingerprint density at radius 3 is 2.74 bits per heavy atom. The van der Waals surface area contributed by atoms with Gasteiger partial charge in [0.25, 0.3) is 0 Å². The molecule has 2 N–H and O–H groups in total. The van der Waals surface area contributed by atoms with Crippen molar-refractivity contribution in [2.45, 2.75) is 51.0 Å². The maximum absolute atomic E-state index is 6.33. The van der Waals surface area contributed by atoms with E-state index in [0.29, 0.717) is 6.04 Å². The van der Waals surface area contributed by atoms with Gasteiger partial charge in [-0.3, -0.25) is 0 Å². The van der Waals surface area contributed by atoms with E-state index < -0.39 is 0 Å². The SMILES string of the molecule is CCSCCCC1CC(c2ccccc2)CCC1N. The molecule has 106 valence electrons. The van der Waals surface area contributed by atoms with Gasteiger partial charge in [0, 0.05) is 6.04 Å². The predicted molar refractivity (Wildman–Crippen MR) is 86.7 cm³/mol. The van der Waals surface area contributed by atoms with Gasteiger partial charge in [-0.15, -0.1) is 0 Å². The number of hydrogen-bond acceptors (Lipinski definition) is 2. The summed E-state index contributed by atoms with van der Waals surface area (Å²) in [7, 11) is 0. The van der Waals surface area contributed by atoms with Crippen molar-refractivity contribution < 1.29 is 0 Å². The maximum atomic E-state index is 6.33. The van der Waals surface area contributed by atoms with Gasteiger partial charge in [-0.2, -0.15) is 11.8 Å². The number of benzene rings is 1. The number of thioether (sulfide) groups is 1. The normalized spacial score (nSPS) is 27.4. The van der Waals surface area contributed by atoms with E-state index in [9.17, 15) is 0 Å². The summed E-state index contributed by atoms with van der Waals surface area (Å²) in [6, 6.07) is 11.4. The molecular formula is C17H27NS. The first kappa shape index (κ1) is 14.9. The fourth-order valence-electron chi connectivity index (χ4n) is 3.24. The molecule has 1 nitrogen and oxygen atoms in total.